The highest BCUT2D eigenvalue weighted by atomic mass is 16.3. The summed E-state index contributed by atoms with van der Waals surface area (Å²) in [5, 5.41) is 16.8. The molecule has 0 N–H and O–H groups in total. The van der Waals surface area contributed by atoms with Crippen molar-refractivity contribution in [1.82, 2.24) is 0 Å². The number of ketones is 3. The Morgan fingerprint density at radius 2 is 1.08 bits per heavy atom. The first kappa shape index (κ1) is 21.5. The van der Waals surface area contributed by atoms with Gasteiger partial charge in [-0.15, -0.1) is 0 Å². The van der Waals surface area contributed by atoms with Crippen molar-refractivity contribution in [2.75, 3.05) is 0 Å². The molecule has 176 valence electrons. The zero-order valence-electron chi connectivity index (χ0n) is 19.7. The molecule has 0 amide bonds. The second kappa shape index (κ2) is 7.84. The Morgan fingerprint density at radius 1 is 0.595 bits per heavy atom. The van der Waals surface area contributed by atoms with Gasteiger partial charge in [-0.1, -0.05) is 60.4 Å². The molecular formula is C33H19O4-. The molecule has 3 aliphatic carbocycles. The summed E-state index contributed by atoms with van der Waals surface area (Å²) < 4.78 is 0. The molecule has 0 heterocycles. The minimum Gasteiger partial charge on any atom is -0.872 e. The van der Waals surface area contributed by atoms with Crippen molar-refractivity contribution in [3.8, 4) is 0 Å². The van der Waals surface area contributed by atoms with Crippen molar-refractivity contribution >= 4 is 44.7 Å². The lowest BCUT2D eigenvalue weighted by atomic mass is 10.0. The van der Waals surface area contributed by atoms with Crippen molar-refractivity contribution < 1.29 is 19.5 Å². The smallest absolute Gasteiger partial charge is 0.197 e. The topological polar surface area (TPSA) is 74.3 Å². The first-order chi connectivity index (χ1) is 18.0. The maximum absolute atomic E-state index is 13.1. The second-order valence-electron chi connectivity index (χ2n) is 9.72. The van der Waals surface area contributed by atoms with Gasteiger partial charge in [0, 0.05) is 22.3 Å². The molecule has 0 saturated heterocycles. The van der Waals surface area contributed by atoms with E-state index in [0.717, 1.165) is 32.7 Å². The van der Waals surface area contributed by atoms with Gasteiger partial charge in [0.05, 0.1) is 5.57 Å². The Bertz CT molecular complexity index is 1820. The summed E-state index contributed by atoms with van der Waals surface area (Å²) in [6.07, 6.45) is 6.46. The van der Waals surface area contributed by atoms with Gasteiger partial charge < -0.3 is 5.11 Å². The van der Waals surface area contributed by atoms with Crippen LogP contribution in [0.2, 0.25) is 0 Å². The number of hydrogen-bond acceptors (Lipinski definition) is 4. The lowest BCUT2D eigenvalue weighted by Gasteiger charge is -2.10. The molecule has 0 aromatic heterocycles. The van der Waals surface area contributed by atoms with Gasteiger partial charge >= 0.3 is 0 Å². The third-order valence-corrected chi connectivity index (χ3v) is 7.46. The largest absolute Gasteiger partial charge is 0.872 e. The Labute approximate surface area is 212 Å². The Hall–Kier alpha value is -4.83. The van der Waals surface area contributed by atoms with Crippen LogP contribution in [0.5, 0.6) is 0 Å². The summed E-state index contributed by atoms with van der Waals surface area (Å²) in [5.74, 6) is -1.05. The van der Waals surface area contributed by atoms with E-state index in [2.05, 4.69) is 0 Å². The van der Waals surface area contributed by atoms with Crippen LogP contribution in [0.1, 0.15) is 49.5 Å². The van der Waals surface area contributed by atoms with Crippen LogP contribution >= 0.6 is 0 Å². The van der Waals surface area contributed by atoms with E-state index in [0.29, 0.717) is 35.1 Å². The van der Waals surface area contributed by atoms with Crippen molar-refractivity contribution in [3.05, 3.63) is 136 Å². The molecule has 0 saturated carbocycles. The summed E-state index contributed by atoms with van der Waals surface area (Å²) in [6.45, 7) is 0. The first-order valence-electron chi connectivity index (χ1n) is 12.2. The van der Waals surface area contributed by atoms with E-state index in [9.17, 15) is 19.5 Å². The van der Waals surface area contributed by atoms with Crippen LogP contribution in [0.4, 0.5) is 0 Å². The molecule has 4 nitrogen and oxygen atoms in total. The quantitative estimate of drug-likeness (QED) is 0.265. The lowest BCUT2D eigenvalue weighted by molar-refractivity contribution is -0.244. The van der Waals surface area contributed by atoms with E-state index in [1.165, 1.54) is 0 Å². The molecule has 0 radical (unpaired) electrons. The van der Waals surface area contributed by atoms with Crippen molar-refractivity contribution in [2.45, 2.75) is 12.8 Å². The van der Waals surface area contributed by atoms with Crippen molar-refractivity contribution in [2.24, 2.45) is 0 Å². The van der Waals surface area contributed by atoms with E-state index in [4.69, 9.17) is 0 Å². The molecule has 0 fully saturated rings. The fraction of sp³-hybridized carbons (Fsp3) is 0.0606. The number of carbonyl (C=O) groups is 3. The van der Waals surface area contributed by atoms with E-state index < -0.39 is 0 Å². The average molecular weight is 480 g/mol. The van der Waals surface area contributed by atoms with E-state index in [-0.39, 0.29) is 34.3 Å². The van der Waals surface area contributed by atoms with Crippen LogP contribution in [0.15, 0.2) is 113 Å². The second-order valence-corrected chi connectivity index (χ2v) is 9.72. The summed E-state index contributed by atoms with van der Waals surface area (Å²) in [6, 6.07) is 22.5. The molecule has 0 aliphatic heterocycles. The molecule has 3 aliphatic rings. The van der Waals surface area contributed by atoms with Gasteiger partial charge in [-0.2, -0.15) is 0 Å². The molecular weight excluding hydrogens is 460 g/mol. The summed E-state index contributed by atoms with van der Waals surface area (Å²) in [5.41, 5.74) is 3.75. The van der Waals surface area contributed by atoms with Gasteiger partial charge in [0.1, 0.15) is 0 Å². The van der Waals surface area contributed by atoms with Gasteiger partial charge in [0.25, 0.3) is 0 Å². The fourth-order valence-electron chi connectivity index (χ4n) is 5.55. The average Bonchev–Trinajstić information content (AvgIpc) is 3.53. The van der Waals surface area contributed by atoms with Crippen molar-refractivity contribution in [1.29, 1.82) is 0 Å². The van der Waals surface area contributed by atoms with Crippen LogP contribution in [0.3, 0.4) is 0 Å². The highest BCUT2D eigenvalue weighted by Gasteiger charge is 2.34. The summed E-state index contributed by atoms with van der Waals surface area (Å²) in [7, 11) is 0. The van der Waals surface area contributed by atoms with E-state index in [1.54, 1.807) is 36.4 Å². The number of allylic oxidation sites excluding steroid dienone is 7. The molecule has 0 atom stereocenters. The van der Waals surface area contributed by atoms with Gasteiger partial charge in [-0.3, -0.25) is 14.4 Å². The maximum Gasteiger partial charge on any atom is 0.197 e. The van der Waals surface area contributed by atoms with Crippen molar-refractivity contribution in [3.63, 3.8) is 0 Å². The fourth-order valence-corrected chi connectivity index (χ4v) is 5.55. The number of carbonyl (C=O) groups excluding carboxylic acids is 3. The molecule has 0 unspecified atom stereocenters. The van der Waals surface area contributed by atoms with Gasteiger partial charge in [0.15, 0.2) is 17.3 Å². The minimum atomic E-state index is -0.262. The predicted molar refractivity (Wildman–Crippen MR) is 141 cm³/mol. The van der Waals surface area contributed by atoms with Crippen LogP contribution in [-0.4, -0.2) is 17.3 Å². The van der Waals surface area contributed by atoms with Crippen LogP contribution in [0, 0.1) is 0 Å². The highest BCUT2D eigenvalue weighted by Crippen LogP contribution is 2.37. The Balaban J connectivity index is 1.22. The highest BCUT2D eigenvalue weighted by molar-refractivity contribution is 6.40. The number of Topliss-reactive ketones (excluding diaryl/α,β-unsaturated/α-hetero) is 3. The number of hydrogen-bond donors (Lipinski definition) is 0. The molecule has 7 rings (SSSR count). The minimum absolute atomic E-state index is 0.164. The Kier molecular flexibility index (Phi) is 4.54. The lowest BCUT2D eigenvalue weighted by Crippen LogP contribution is -2.02. The molecule has 37 heavy (non-hydrogen) atoms. The zero-order chi connectivity index (χ0) is 25.3. The van der Waals surface area contributed by atoms with E-state index in [1.807, 2.05) is 54.6 Å². The number of fused-ring (bicyclic) bond motifs is 4. The third kappa shape index (κ3) is 3.26. The molecule has 4 aromatic carbocycles. The number of benzene rings is 4. The van der Waals surface area contributed by atoms with Gasteiger partial charge in [-0.05, 0) is 87.5 Å². The molecule has 4 heteroatoms. The van der Waals surface area contributed by atoms with Gasteiger partial charge in [0.2, 0.25) is 0 Å². The van der Waals surface area contributed by atoms with Crippen LogP contribution in [-0.2, 0) is 0 Å². The Morgan fingerprint density at radius 3 is 1.62 bits per heavy atom. The van der Waals surface area contributed by atoms with Crippen LogP contribution in [0.25, 0.3) is 27.3 Å². The summed E-state index contributed by atoms with van der Waals surface area (Å²) >= 11 is 0. The third-order valence-electron chi connectivity index (χ3n) is 7.46. The maximum atomic E-state index is 13.1. The molecule has 0 spiro atoms. The predicted octanol–water partition coefficient (Wildman–Crippen LogP) is 5.91. The molecule has 0 bridgehead atoms. The SMILES string of the molecule is O=C1C(=CC2=C/C(=C/C3=C([O-])c4cc5ccccc5cc4C3=O)CC2)C(=O)c2cc3ccccc3cc21. The number of rotatable bonds is 2. The monoisotopic (exact) mass is 479 g/mol. The van der Waals surface area contributed by atoms with Crippen LogP contribution < -0.4 is 5.11 Å². The molecule has 4 aromatic rings. The van der Waals surface area contributed by atoms with E-state index >= 15 is 0 Å². The zero-order valence-corrected chi connectivity index (χ0v) is 19.7. The summed E-state index contributed by atoms with van der Waals surface area (Å²) in [4.78, 5) is 39.3. The standard InChI is InChI=1S/C33H20O4/c34-30-24-14-20-5-1-2-6-21(20)15-25(24)31(35)28(30)12-18-9-10-19(11-18)13-29-32(36)26-16-22-7-3-4-8-23(22)17-27(26)33(29)37/h1-8,11-17,34H,9-10H2/p-1/b18-12+. The van der Waals surface area contributed by atoms with Gasteiger partial charge in [-0.25, -0.2) is 0 Å². The normalized spacial score (nSPS) is 17.8. The first-order valence-corrected chi connectivity index (χ1v) is 12.2.